The predicted octanol–water partition coefficient (Wildman–Crippen LogP) is -4.76. The molecule has 12 nitrogen and oxygen atoms in total. The number of aliphatic hydroxyl groups is 4. The number of rotatable bonds is 12. The maximum absolute atomic E-state index is 11.2. The molecule has 0 aliphatic carbocycles. The van der Waals surface area contributed by atoms with Crippen molar-refractivity contribution in [3.63, 3.8) is 0 Å². The number of aliphatic carboxylic acids is 2. The molecule has 0 aromatic rings. The Balaban J connectivity index is -0.000000490. The number of carboxylic acid groups (broad SMARTS) is 2. The van der Waals surface area contributed by atoms with E-state index < -0.39 is 46.8 Å². The monoisotopic (exact) mass is 491 g/mol. The van der Waals surface area contributed by atoms with Gasteiger partial charge in [-0.2, -0.15) is 0 Å². The van der Waals surface area contributed by atoms with E-state index in [0.29, 0.717) is 0 Å². The summed E-state index contributed by atoms with van der Waals surface area (Å²) in [6, 6.07) is 0. The van der Waals surface area contributed by atoms with Crippen LogP contribution >= 0.6 is 0 Å². The van der Waals surface area contributed by atoms with Gasteiger partial charge in [0.15, 0.2) is 0 Å². The van der Waals surface area contributed by atoms with E-state index >= 15 is 0 Å². The van der Waals surface area contributed by atoms with Gasteiger partial charge in [0.1, 0.15) is 12.2 Å². The zero-order valence-corrected chi connectivity index (χ0v) is 19.2. The van der Waals surface area contributed by atoms with Crippen molar-refractivity contribution < 1.29 is 66.9 Å². The van der Waals surface area contributed by atoms with Crippen molar-refractivity contribution in [1.82, 2.24) is 10.6 Å². The van der Waals surface area contributed by atoms with E-state index in [-0.39, 0.29) is 56.2 Å². The van der Waals surface area contributed by atoms with E-state index in [0.717, 1.165) is 0 Å². The molecule has 31 heavy (non-hydrogen) atoms. The van der Waals surface area contributed by atoms with Crippen LogP contribution in [0.3, 0.4) is 0 Å². The van der Waals surface area contributed by atoms with E-state index in [9.17, 15) is 39.6 Å². The molecule has 0 aromatic carbocycles. The van der Waals surface area contributed by atoms with Gasteiger partial charge in [-0.1, -0.05) is 27.7 Å². The summed E-state index contributed by atoms with van der Waals surface area (Å²) in [5.41, 5.74) is -1.91. The Hall–Kier alpha value is -1.76. The molecule has 2 unspecified atom stereocenters. The van der Waals surface area contributed by atoms with Crippen molar-refractivity contribution in [1.29, 1.82) is 0 Å². The molecule has 0 saturated heterocycles. The fourth-order valence-corrected chi connectivity index (χ4v) is 1.65. The Morgan fingerprint density at radius 2 is 1.00 bits per heavy atom. The molecule has 0 aromatic heterocycles. The summed E-state index contributed by atoms with van der Waals surface area (Å²) in [6.07, 6.45) is -3.36. The second-order valence-corrected chi connectivity index (χ2v) is 7.92. The van der Waals surface area contributed by atoms with Crippen LogP contribution < -0.4 is 20.8 Å². The van der Waals surface area contributed by atoms with Gasteiger partial charge in [-0.05, 0) is 0 Å². The molecule has 2 atom stereocenters. The standard InChI is InChI=1S/2C9H17NO5.Mn/c2*1-9(2,5-11)7(14)8(15)10-4-3-6(12)13;/h2*7,11,14H,3-5H2,1-2H3,(H,10,15)(H,12,13);/q;;+2/p-2. The summed E-state index contributed by atoms with van der Waals surface area (Å²) >= 11 is 0. The van der Waals surface area contributed by atoms with Crippen molar-refractivity contribution in [3.8, 4) is 0 Å². The summed E-state index contributed by atoms with van der Waals surface area (Å²) < 4.78 is 0. The molecule has 0 spiro atoms. The minimum atomic E-state index is -1.37. The van der Waals surface area contributed by atoms with Gasteiger partial charge >= 0.3 is 17.1 Å². The topological polar surface area (TPSA) is 219 Å². The largest absolute Gasteiger partial charge is 2.00 e. The van der Waals surface area contributed by atoms with E-state index in [1.165, 1.54) is 27.7 Å². The quantitative estimate of drug-likeness (QED) is 0.143. The average molecular weight is 491 g/mol. The number of amides is 2. The molecule has 13 heteroatoms. The molecule has 6 N–H and O–H groups in total. The zero-order valence-electron chi connectivity index (χ0n) is 18.0. The Bertz CT molecular complexity index is 534. The van der Waals surface area contributed by atoms with Crippen molar-refractivity contribution in [3.05, 3.63) is 0 Å². The van der Waals surface area contributed by atoms with Crippen molar-refractivity contribution in [2.45, 2.75) is 52.7 Å². The van der Waals surface area contributed by atoms with Crippen LogP contribution in [0.5, 0.6) is 0 Å². The maximum atomic E-state index is 11.2. The molecule has 2 amide bonds. The van der Waals surface area contributed by atoms with Crippen LogP contribution in [-0.2, 0) is 36.2 Å². The first-order chi connectivity index (χ1) is 13.6. The van der Waals surface area contributed by atoms with E-state index in [1.807, 2.05) is 0 Å². The van der Waals surface area contributed by atoms with Crippen molar-refractivity contribution in [2.24, 2.45) is 10.8 Å². The number of hydrogen-bond acceptors (Lipinski definition) is 10. The third-order valence-corrected chi connectivity index (χ3v) is 4.05. The van der Waals surface area contributed by atoms with Crippen LogP contribution in [0.15, 0.2) is 0 Å². The van der Waals surface area contributed by atoms with Gasteiger partial charge in [0.05, 0.1) is 13.2 Å². The summed E-state index contributed by atoms with van der Waals surface area (Å²) in [5.74, 6) is -3.94. The Labute approximate surface area is 191 Å². The number of carbonyl (C=O) groups excluding carboxylic acids is 4. The van der Waals surface area contributed by atoms with Gasteiger partial charge in [-0.15, -0.1) is 0 Å². The molecule has 0 heterocycles. The second kappa shape index (κ2) is 16.0. The van der Waals surface area contributed by atoms with Gasteiger partial charge in [-0.3, -0.25) is 9.59 Å². The Morgan fingerprint density at radius 1 is 0.742 bits per heavy atom. The minimum absolute atomic E-state index is 0. The minimum Gasteiger partial charge on any atom is -0.550 e. The van der Waals surface area contributed by atoms with Gasteiger partial charge in [-0.25, -0.2) is 0 Å². The van der Waals surface area contributed by atoms with Crippen LogP contribution in [0, 0.1) is 10.8 Å². The van der Waals surface area contributed by atoms with Gasteiger partial charge in [0.2, 0.25) is 11.8 Å². The van der Waals surface area contributed by atoms with Crippen molar-refractivity contribution in [2.75, 3.05) is 26.3 Å². The molecule has 0 fully saturated rings. The molecular formula is C18H32MnN2O10. The van der Waals surface area contributed by atoms with E-state index in [1.54, 1.807) is 0 Å². The fraction of sp³-hybridized carbons (Fsp3) is 0.778. The first kappa shape index (κ1) is 33.9. The number of nitrogens with one attached hydrogen (secondary N) is 2. The smallest absolute Gasteiger partial charge is 0.550 e. The molecule has 1 radical (unpaired) electrons. The van der Waals surface area contributed by atoms with Gasteiger partial charge < -0.3 is 50.9 Å². The van der Waals surface area contributed by atoms with Gasteiger partial charge in [0, 0.05) is 48.7 Å². The molecule has 0 rings (SSSR count). The fourth-order valence-electron chi connectivity index (χ4n) is 1.65. The van der Waals surface area contributed by atoms with Crippen LogP contribution in [-0.4, -0.2) is 82.7 Å². The molecule has 0 bridgehead atoms. The summed E-state index contributed by atoms with van der Waals surface area (Å²) in [6.45, 7) is 5.21. The number of carboxylic acids is 2. The Morgan fingerprint density at radius 3 is 1.19 bits per heavy atom. The van der Waals surface area contributed by atoms with Gasteiger partial charge in [0.25, 0.3) is 0 Å². The van der Waals surface area contributed by atoms with Crippen LogP contribution in [0.25, 0.3) is 0 Å². The normalized spacial score (nSPS) is 12.9. The number of hydrogen-bond donors (Lipinski definition) is 6. The SMILES string of the molecule is CC(C)(CO)C(O)C(=O)NCCC(=O)[O-].CC(C)(CO)C(O)C(=O)NCCC(=O)[O-].[Mn+2]. The predicted molar refractivity (Wildman–Crippen MR) is 99.0 cm³/mol. The average Bonchev–Trinajstić information content (AvgIpc) is 2.66. The Kier molecular flexibility index (Phi) is 17.4. The molecule has 0 saturated carbocycles. The number of aliphatic hydroxyl groups excluding tert-OH is 4. The first-order valence-corrected chi connectivity index (χ1v) is 9.15. The van der Waals surface area contributed by atoms with E-state index in [2.05, 4.69) is 10.6 Å². The summed E-state index contributed by atoms with van der Waals surface area (Å²) in [5, 5.41) is 61.3. The maximum Gasteiger partial charge on any atom is 2.00 e. The molecule has 181 valence electrons. The second-order valence-electron chi connectivity index (χ2n) is 7.92. The van der Waals surface area contributed by atoms with Crippen LogP contribution in [0.1, 0.15) is 40.5 Å². The molecular weight excluding hydrogens is 459 g/mol. The summed E-state index contributed by atoms with van der Waals surface area (Å²) in [7, 11) is 0. The third-order valence-electron chi connectivity index (χ3n) is 4.05. The zero-order chi connectivity index (χ0) is 24.1. The molecule has 0 aliphatic rings. The van der Waals surface area contributed by atoms with Crippen molar-refractivity contribution >= 4 is 23.8 Å². The summed E-state index contributed by atoms with van der Waals surface area (Å²) in [4.78, 5) is 42.6. The third kappa shape index (κ3) is 14.8. The first-order valence-electron chi connectivity index (χ1n) is 9.15. The molecule has 0 aliphatic heterocycles. The van der Waals surface area contributed by atoms with Crippen LogP contribution in [0.2, 0.25) is 0 Å². The van der Waals surface area contributed by atoms with Crippen LogP contribution in [0.4, 0.5) is 0 Å². The van der Waals surface area contributed by atoms with E-state index in [4.69, 9.17) is 10.2 Å². The number of carbonyl (C=O) groups is 4.